The number of hydrogen-bond donors (Lipinski definition) is 0. The molecule has 1 aliphatic rings. The van der Waals surface area contributed by atoms with Crippen LogP contribution in [0.1, 0.15) is 12.5 Å². The Morgan fingerprint density at radius 3 is 2.52 bits per heavy atom. The fourth-order valence-corrected chi connectivity index (χ4v) is 3.28. The van der Waals surface area contributed by atoms with Gasteiger partial charge in [-0.3, -0.25) is 14.4 Å². The highest BCUT2D eigenvalue weighted by Gasteiger charge is 2.36. The molecule has 0 unspecified atom stereocenters. The standard InChI is InChI=1S/C18H12ClNO4S/c1-11(21)24-15-7-5-12(6-8-15)9-16-17(22)20(18(23)25-16)14-4-2-3-13(19)10-14/h2-10H,1H3/b16-9-. The third-order valence-corrected chi connectivity index (χ3v) is 4.40. The molecule has 3 rings (SSSR count). The van der Waals surface area contributed by atoms with Crippen LogP contribution in [0.3, 0.4) is 0 Å². The maximum atomic E-state index is 12.5. The van der Waals surface area contributed by atoms with Crippen LogP contribution in [0.25, 0.3) is 6.08 Å². The maximum absolute atomic E-state index is 12.5. The van der Waals surface area contributed by atoms with Crippen molar-refractivity contribution in [3.63, 3.8) is 0 Å². The minimum atomic E-state index is -0.407. The molecule has 126 valence electrons. The Labute approximate surface area is 153 Å². The number of benzene rings is 2. The lowest BCUT2D eigenvalue weighted by atomic mass is 10.2. The van der Waals surface area contributed by atoms with Crippen LogP contribution in [0.15, 0.2) is 53.4 Å². The first-order valence-electron chi connectivity index (χ1n) is 7.26. The normalized spacial score (nSPS) is 15.8. The third kappa shape index (κ3) is 3.92. The van der Waals surface area contributed by atoms with Crippen molar-refractivity contribution in [1.29, 1.82) is 0 Å². The molecule has 0 aliphatic carbocycles. The molecule has 1 fully saturated rings. The van der Waals surface area contributed by atoms with Gasteiger partial charge < -0.3 is 4.74 Å². The van der Waals surface area contributed by atoms with E-state index in [0.717, 1.165) is 16.7 Å². The van der Waals surface area contributed by atoms with Gasteiger partial charge in [-0.15, -0.1) is 0 Å². The number of ether oxygens (including phenoxy) is 1. The Morgan fingerprint density at radius 1 is 1.16 bits per heavy atom. The van der Waals surface area contributed by atoms with Gasteiger partial charge in [0.15, 0.2) is 0 Å². The van der Waals surface area contributed by atoms with E-state index in [-0.39, 0.29) is 5.24 Å². The molecule has 2 amide bonds. The third-order valence-electron chi connectivity index (χ3n) is 3.30. The van der Waals surface area contributed by atoms with Crippen molar-refractivity contribution >= 4 is 52.2 Å². The first kappa shape index (κ1) is 17.3. The monoisotopic (exact) mass is 373 g/mol. The topological polar surface area (TPSA) is 63.7 Å². The summed E-state index contributed by atoms with van der Waals surface area (Å²) in [6.45, 7) is 1.32. The minimum absolute atomic E-state index is 0.310. The number of rotatable bonds is 3. The van der Waals surface area contributed by atoms with Crippen LogP contribution in [0.5, 0.6) is 5.75 Å². The van der Waals surface area contributed by atoms with Crippen molar-refractivity contribution in [1.82, 2.24) is 0 Å². The van der Waals surface area contributed by atoms with Crippen molar-refractivity contribution in [2.45, 2.75) is 6.92 Å². The molecule has 25 heavy (non-hydrogen) atoms. The van der Waals surface area contributed by atoms with Gasteiger partial charge in [-0.1, -0.05) is 29.8 Å². The summed E-state index contributed by atoms with van der Waals surface area (Å²) >= 11 is 6.79. The van der Waals surface area contributed by atoms with E-state index >= 15 is 0 Å². The molecule has 5 nitrogen and oxygen atoms in total. The van der Waals surface area contributed by atoms with E-state index in [1.165, 1.54) is 6.92 Å². The lowest BCUT2D eigenvalue weighted by Crippen LogP contribution is -2.27. The zero-order chi connectivity index (χ0) is 18.0. The van der Waals surface area contributed by atoms with E-state index in [0.29, 0.717) is 26.9 Å². The number of anilines is 1. The summed E-state index contributed by atoms with van der Waals surface area (Å²) in [5, 5.41) is 0.0663. The molecule has 7 heteroatoms. The van der Waals surface area contributed by atoms with Crippen LogP contribution in [0.2, 0.25) is 5.02 Å². The van der Waals surface area contributed by atoms with Crippen molar-refractivity contribution in [2.75, 3.05) is 4.90 Å². The number of carbonyl (C=O) groups excluding carboxylic acids is 3. The molecule has 0 saturated carbocycles. The van der Waals surface area contributed by atoms with Gasteiger partial charge in [0.2, 0.25) is 0 Å². The summed E-state index contributed by atoms with van der Waals surface area (Å²) in [4.78, 5) is 37.1. The van der Waals surface area contributed by atoms with Crippen molar-refractivity contribution < 1.29 is 19.1 Å². The molecule has 0 atom stereocenters. The second kappa shape index (κ2) is 7.13. The van der Waals surface area contributed by atoms with Crippen molar-refractivity contribution in [3.05, 3.63) is 64.0 Å². The van der Waals surface area contributed by atoms with Gasteiger partial charge in [-0.2, -0.15) is 0 Å². The molecule has 2 aromatic rings. The van der Waals surface area contributed by atoms with Crippen LogP contribution < -0.4 is 9.64 Å². The highest BCUT2D eigenvalue weighted by Crippen LogP contribution is 2.36. The van der Waals surface area contributed by atoms with E-state index in [1.54, 1.807) is 54.6 Å². The van der Waals surface area contributed by atoms with E-state index in [4.69, 9.17) is 16.3 Å². The smallest absolute Gasteiger partial charge is 0.308 e. The fourth-order valence-electron chi connectivity index (χ4n) is 2.25. The van der Waals surface area contributed by atoms with Crippen molar-refractivity contribution in [2.24, 2.45) is 0 Å². The SMILES string of the molecule is CC(=O)Oc1ccc(/C=C2\SC(=O)N(c3cccc(Cl)c3)C2=O)cc1. The molecule has 1 heterocycles. The quantitative estimate of drug-likeness (QED) is 0.450. The molecule has 1 saturated heterocycles. The van der Waals surface area contributed by atoms with Crippen LogP contribution in [0, 0.1) is 0 Å². The van der Waals surface area contributed by atoms with E-state index in [9.17, 15) is 14.4 Å². The van der Waals surface area contributed by atoms with Gasteiger partial charge in [-0.25, -0.2) is 4.90 Å². The summed E-state index contributed by atoms with van der Waals surface area (Å²) in [7, 11) is 0. The van der Waals surface area contributed by atoms with Crippen LogP contribution >= 0.6 is 23.4 Å². The molecular formula is C18H12ClNO4S. The lowest BCUT2D eigenvalue weighted by Gasteiger charge is -2.12. The number of nitrogens with zero attached hydrogens (tertiary/aromatic N) is 1. The van der Waals surface area contributed by atoms with E-state index < -0.39 is 11.9 Å². The highest BCUT2D eigenvalue weighted by molar-refractivity contribution is 8.19. The Kier molecular flexibility index (Phi) is 4.92. The number of thioether (sulfide) groups is 1. The van der Waals surface area contributed by atoms with Gasteiger partial charge in [-0.05, 0) is 53.7 Å². The zero-order valence-corrected chi connectivity index (χ0v) is 14.6. The Bertz CT molecular complexity index is 892. The lowest BCUT2D eigenvalue weighted by molar-refractivity contribution is -0.131. The summed E-state index contributed by atoms with van der Waals surface area (Å²) in [5.74, 6) is -0.395. The van der Waals surface area contributed by atoms with Crippen LogP contribution in [-0.4, -0.2) is 17.1 Å². The number of hydrogen-bond acceptors (Lipinski definition) is 5. The second-order valence-corrected chi connectivity index (χ2v) is 6.59. The summed E-state index contributed by atoms with van der Waals surface area (Å²) < 4.78 is 4.96. The Balaban J connectivity index is 1.84. The molecular weight excluding hydrogens is 362 g/mol. The summed E-state index contributed by atoms with van der Waals surface area (Å²) in [5.41, 5.74) is 1.15. The molecule has 0 radical (unpaired) electrons. The number of imide groups is 1. The molecule has 1 aliphatic heterocycles. The molecule has 0 N–H and O–H groups in total. The Hall–Kier alpha value is -2.57. The van der Waals surface area contributed by atoms with Gasteiger partial charge in [0.25, 0.3) is 11.1 Å². The molecule has 2 aromatic carbocycles. The number of halogens is 1. The zero-order valence-electron chi connectivity index (χ0n) is 13.1. The van der Waals surface area contributed by atoms with Gasteiger partial charge in [0.1, 0.15) is 5.75 Å². The largest absolute Gasteiger partial charge is 0.427 e. The predicted octanol–water partition coefficient (Wildman–Crippen LogP) is 4.51. The number of carbonyl (C=O) groups is 3. The first-order chi connectivity index (χ1) is 11.9. The summed E-state index contributed by atoms with van der Waals surface area (Å²) in [6, 6.07) is 13.2. The average Bonchev–Trinajstić information content (AvgIpc) is 2.83. The van der Waals surface area contributed by atoms with Gasteiger partial charge >= 0.3 is 5.97 Å². The predicted molar refractivity (Wildman–Crippen MR) is 97.7 cm³/mol. The number of esters is 1. The van der Waals surface area contributed by atoms with E-state index in [2.05, 4.69) is 0 Å². The average molecular weight is 374 g/mol. The minimum Gasteiger partial charge on any atom is -0.427 e. The van der Waals surface area contributed by atoms with Crippen LogP contribution in [-0.2, 0) is 9.59 Å². The van der Waals surface area contributed by atoms with Gasteiger partial charge in [0, 0.05) is 11.9 Å². The van der Waals surface area contributed by atoms with E-state index in [1.807, 2.05) is 0 Å². The first-order valence-corrected chi connectivity index (χ1v) is 8.45. The molecule has 0 bridgehead atoms. The second-order valence-electron chi connectivity index (χ2n) is 5.16. The fraction of sp³-hybridized carbons (Fsp3) is 0.0556. The van der Waals surface area contributed by atoms with Crippen LogP contribution in [0.4, 0.5) is 10.5 Å². The molecule has 0 aromatic heterocycles. The van der Waals surface area contributed by atoms with Crippen molar-refractivity contribution in [3.8, 4) is 5.75 Å². The Morgan fingerprint density at radius 2 is 1.88 bits per heavy atom. The van der Waals surface area contributed by atoms with Gasteiger partial charge in [0.05, 0.1) is 10.6 Å². The molecule has 0 spiro atoms. The highest BCUT2D eigenvalue weighted by atomic mass is 35.5. The number of amides is 2. The summed E-state index contributed by atoms with van der Waals surface area (Å²) in [6.07, 6.45) is 1.62. The maximum Gasteiger partial charge on any atom is 0.308 e.